The molecule has 0 saturated carbocycles. The Morgan fingerprint density at radius 3 is 0.717 bits per heavy atom. The topological polar surface area (TPSA) is 65.6 Å². The highest BCUT2D eigenvalue weighted by Crippen LogP contribution is 2.20. The lowest BCUT2D eigenvalue weighted by molar-refractivity contribution is -0.605. The van der Waals surface area contributed by atoms with Crippen LogP contribution in [0.15, 0.2) is 116 Å². The summed E-state index contributed by atoms with van der Waals surface area (Å²) in [5, 5.41) is 10.2. The number of nitrogens with zero attached hydrogens (tertiary/aromatic N) is 4. The second-order valence-electron chi connectivity index (χ2n) is 22.7. The molecule has 60 heavy (non-hydrogen) atoms. The first-order chi connectivity index (χ1) is 26.9. The zero-order valence-electron chi connectivity index (χ0n) is 45.0. The van der Waals surface area contributed by atoms with Crippen LogP contribution in [0.4, 0.5) is 0 Å². The van der Waals surface area contributed by atoms with Crippen LogP contribution < -0.4 is 4.73 Å². The van der Waals surface area contributed by atoms with E-state index in [0.717, 1.165) is 28.4 Å². The maximum Gasteiger partial charge on any atom is 0.180 e. The molecule has 3 aromatic heterocycles. The van der Waals surface area contributed by atoms with Crippen molar-refractivity contribution in [2.24, 2.45) is 39.9 Å². The fraction of sp³-hybridized carbons (Fsp3) is 0.636. The molecule has 0 amide bonds. The number of hydrogen-bond donors (Lipinski definition) is 0. The van der Waals surface area contributed by atoms with Gasteiger partial charge in [0.25, 0.3) is 0 Å². The van der Waals surface area contributed by atoms with E-state index < -0.39 is 0 Å². The predicted molar refractivity (Wildman–Crippen MR) is 274 cm³/mol. The number of aromatic nitrogens is 4. The standard InChI is InChI=1S/C10H14.C5H5NO.C5H5N.3C5H12.C4H4N2.4C4H10/c1-10(2,3)9-7-5-4-6-8-9;7-6-4-2-1-3-5-6;1-2-4-6-5-3-1;3*1-5(2,3)4;1-2-5-4-6-3-1;4*1-4(2)3/h4-8H,1-3H3;1-5H;1-5H;3*1-4H3;1-4H;4*4H,1-3H3. The Morgan fingerprint density at radius 1 is 0.367 bits per heavy atom. The largest absolute Gasteiger partial charge is 0.619 e. The first-order valence-electron chi connectivity index (χ1n) is 22.2. The smallest absolute Gasteiger partial charge is 0.180 e. The van der Waals surface area contributed by atoms with Crippen molar-refractivity contribution in [2.45, 2.75) is 192 Å². The lowest BCUT2D eigenvalue weighted by Crippen LogP contribution is -2.22. The van der Waals surface area contributed by atoms with E-state index in [1.807, 2.05) is 18.2 Å². The zero-order chi connectivity index (χ0) is 49.0. The second-order valence-corrected chi connectivity index (χ2v) is 22.7. The van der Waals surface area contributed by atoms with Gasteiger partial charge in [0.15, 0.2) is 12.4 Å². The molecule has 0 aliphatic rings. The minimum absolute atomic E-state index is 0.293. The fourth-order valence-electron chi connectivity index (χ4n) is 1.89. The van der Waals surface area contributed by atoms with Gasteiger partial charge in [0, 0.05) is 36.9 Å². The Balaban J connectivity index is -0.000000105. The maximum atomic E-state index is 10.2. The van der Waals surface area contributed by atoms with Crippen molar-refractivity contribution in [3.8, 4) is 0 Å². The van der Waals surface area contributed by atoms with Crippen LogP contribution in [0.3, 0.4) is 0 Å². The fourth-order valence-corrected chi connectivity index (χ4v) is 1.89. The normalized spacial score (nSPS) is 9.92. The van der Waals surface area contributed by atoms with Crippen LogP contribution in [0, 0.1) is 45.1 Å². The number of rotatable bonds is 0. The monoisotopic (exact) mass is 837 g/mol. The van der Waals surface area contributed by atoms with Gasteiger partial charge in [0.1, 0.15) is 6.33 Å². The molecule has 0 N–H and O–H groups in total. The van der Waals surface area contributed by atoms with Gasteiger partial charge in [-0.1, -0.05) is 229 Å². The van der Waals surface area contributed by atoms with Crippen molar-refractivity contribution in [3.63, 3.8) is 0 Å². The van der Waals surface area contributed by atoms with E-state index in [9.17, 15) is 5.21 Å². The Morgan fingerprint density at radius 2 is 0.600 bits per heavy atom. The molecule has 0 unspecified atom stereocenters. The van der Waals surface area contributed by atoms with Crippen molar-refractivity contribution in [1.29, 1.82) is 0 Å². The lowest BCUT2D eigenvalue weighted by atomic mass is 9.87. The van der Waals surface area contributed by atoms with Crippen LogP contribution in [-0.4, -0.2) is 15.0 Å². The van der Waals surface area contributed by atoms with Crippen LogP contribution in [-0.2, 0) is 5.41 Å². The molecule has 0 aliphatic heterocycles. The third-order valence-corrected chi connectivity index (χ3v) is 3.37. The maximum absolute atomic E-state index is 10.2. The molecule has 4 aromatic rings. The highest BCUT2D eigenvalue weighted by Gasteiger charge is 2.11. The van der Waals surface area contributed by atoms with Crippen LogP contribution in [0.1, 0.15) is 193 Å². The van der Waals surface area contributed by atoms with Crippen LogP contribution in [0.2, 0.25) is 0 Å². The van der Waals surface area contributed by atoms with Gasteiger partial charge in [-0.2, -0.15) is 4.73 Å². The van der Waals surface area contributed by atoms with Crippen molar-refractivity contribution >= 4 is 0 Å². The molecular formula is C55H104N4O. The average Bonchev–Trinajstić information content (AvgIpc) is 3.05. The van der Waals surface area contributed by atoms with Crippen LogP contribution in [0.25, 0.3) is 0 Å². The molecule has 5 heteroatoms. The first-order valence-corrected chi connectivity index (χ1v) is 22.2. The average molecular weight is 837 g/mol. The van der Waals surface area contributed by atoms with Gasteiger partial charge in [-0.15, -0.1) is 0 Å². The van der Waals surface area contributed by atoms with Gasteiger partial charge in [-0.05, 0) is 69.1 Å². The quantitative estimate of drug-likeness (QED) is 0.131. The summed E-state index contributed by atoms with van der Waals surface area (Å²) in [4.78, 5) is 11.1. The predicted octanol–water partition coefficient (Wildman–Crippen LogP) is 17.7. The molecule has 5 nitrogen and oxygen atoms in total. The van der Waals surface area contributed by atoms with Crippen molar-refractivity contribution in [3.05, 3.63) is 127 Å². The molecule has 1 aromatic carbocycles. The van der Waals surface area contributed by atoms with Crippen molar-refractivity contribution in [2.75, 3.05) is 0 Å². The van der Waals surface area contributed by atoms with Gasteiger partial charge in [0.2, 0.25) is 0 Å². The Labute approximate surface area is 377 Å². The highest BCUT2D eigenvalue weighted by molar-refractivity contribution is 5.22. The summed E-state index contributed by atoms with van der Waals surface area (Å²) in [6.07, 6.45) is 11.3. The van der Waals surface area contributed by atoms with Gasteiger partial charge in [0.05, 0.1) is 0 Å². The van der Waals surface area contributed by atoms with Gasteiger partial charge in [-0.25, -0.2) is 9.97 Å². The second kappa shape index (κ2) is 44.9. The van der Waals surface area contributed by atoms with Crippen molar-refractivity contribution < 1.29 is 4.73 Å². The summed E-state index contributed by atoms with van der Waals surface area (Å²) in [5.41, 5.74) is 3.19. The van der Waals surface area contributed by atoms with E-state index >= 15 is 0 Å². The van der Waals surface area contributed by atoms with Crippen LogP contribution >= 0.6 is 0 Å². The van der Waals surface area contributed by atoms with Crippen LogP contribution in [0.5, 0.6) is 0 Å². The molecule has 0 aliphatic carbocycles. The molecule has 4 rings (SSSR count). The van der Waals surface area contributed by atoms with E-state index in [1.54, 1.807) is 49.1 Å². The molecule has 0 saturated heterocycles. The van der Waals surface area contributed by atoms with E-state index in [0.29, 0.717) is 21.7 Å². The molecule has 3 heterocycles. The summed E-state index contributed by atoms with van der Waals surface area (Å²) in [6, 6.07) is 23.2. The molecular weight excluding hydrogens is 733 g/mol. The van der Waals surface area contributed by atoms with Crippen molar-refractivity contribution in [1.82, 2.24) is 15.0 Å². The zero-order valence-corrected chi connectivity index (χ0v) is 45.0. The Kier molecular flexibility index (Phi) is 53.1. The third kappa shape index (κ3) is 168. The first kappa shape index (κ1) is 70.9. The molecule has 350 valence electrons. The molecule has 0 spiro atoms. The van der Waals surface area contributed by atoms with E-state index in [2.05, 4.69) is 232 Å². The Hall–Kier alpha value is -3.60. The van der Waals surface area contributed by atoms with E-state index in [-0.39, 0.29) is 0 Å². The molecule has 0 bridgehead atoms. The minimum Gasteiger partial charge on any atom is -0.619 e. The van der Waals surface area contributed by atoms with Gasteiger partial charge in [-0.3, -0.25) is 4.98 Å². The summed E-state index contributed by atoms with van der Waals surface area (Å²) >= 11 is 0. The van der Waals surface area contributed by atoms with E-state index in [1.165, 1.54) is 24.3 Å². The summed E-state index contributed by atoms with van der Waals surface area (Å²) in [5.74, 6) is 3.33. The molecule has 0 atom stereocenters. The summed E-state index contributed by atoms with van der Waals surface area (Å²) in [7, 11) is 0. The number of benzene rings is 1. The SMILES string of the molecule is CC(C)(C)C.CC(C)(C)C.CC(C)(C)C.CC(C)(C)c1ccccc1.CC(C)C.CC(C)C.CC(C)C.CC(C)C.[O-][n+]1ccccc1.c1ccncc1.c1cncnc1. The highest BCUT2D eigenvalue weighted by atomic mass is 16.5. The summed E-state index contributed by atoms with van der Waals surface area (Å²) in [6.45, 7) is 58.9. The molecule has 0 radical (unpaired) electrons. The van der Waals surface area contributed by atoms with Gasteiger partial charge < -0.3 is 5.21 Å². The number of pyridine rings is 2. The minimum atomic E-state index is 0.293. The number of hydrogen-bond acceptors (Lipinski definition) is 4. The van der Waals surface area contributed by atoms with Gasteiger partial charge >= 0.3 is 0 Å². The lowest BCUT2D eigenvalue weighted by Gasteiger charge is -2.18. The Bertz CT molecular complexity index is 1120. The summed E-state index contributed by atoms with van der Waals surface area (Å²) < 4.78 is 0.750. The third-order valence-electron chi connectivity index (χ3n) is 3.37. The molecule has 0 fully saturated rings. The van der Waals surface area contributed by atoms with E-state index in [4.69, 9.17) is 0 Å².